The highest BCUT2D eigenvalue weighted by Gasteiger charge is 2.11. The molecule has 0 atom stereocenters. The lowest BCUT2D eigenvalue weighted by molar-refractivity contribution is -0.113. The van der Waals surface area contributed by atoms with Crippen LogP contribution in [0.5, 0.6) is 5.75 Å². The number of carbonyl (C=O) groups excluding carboxylic acids is 1. The van der Waals surface area contributed by atoms with Crippen LogP contribution in [-0.2, 0) is 11.3 Å². The predicted molar refractivity (Wildman–Crippen MR) is 110 cm³/mol. The number of ether oxygens (including phenoxy) is 1. The molecule has 140 valence electrons. The quantitative estimate of drug-likeness (QED) is 0.586. The second-order valence-corrected chi connectivity index (χ2v) is 7.30. The van der Waals surface area contributed by atoms with Gasteiger partial charge in [-0.15, -0.1) is 0 Å². The zero-order valence-electron chi connectivity index (χ0n) is 15.1. The van der Waals surface area contributed by atoms with Crippen LogP contribution in [0.15, 0.2) is 60.0 Å². The summed E-state index contributed by atoms with van der Waals surface area (Å²) in [5.41, 5.74) is 2.72. The minimum absolute atomic E-state index is 0.105. The van der Waals surface area contributed by atoms with Crippen LogP contribution in [0.4, 0.5) is 5.69 Å². The van der Waals surface area contributed by atoms with Crippen molar-refractivity contribution in [2.45, 2.75) is 18.6 Å². The van der Waals surface area contributed by atoms with Crippen molar-refractivity contribution in [3.8, 4) is 5.75 Å². The van der Waals surface area contributed by atoms with Gasteiger partial charge in [0.15, 0.2) is 5.16 Å². The summed E-state index contributed by atoms with van der Waals surface area (Å²) in [4.78, 5) is 16.6. The maximum absolute atomic E-state index is 12.2. The van der Waals surface area contributed by atoms with Gasteiger partial charge >= 0.3 is 0 Å². The van der Waals surface area contributed by atoms with E-state index in [1.165, 1.54) is 11.8 Å². The number of thioether (sulfide) groups is 1. The van der Waals surface area contributed by atoms with Crippen molar-refractivity contribution in [1.82, 2.24) is 9.55 Å². The van der Waals surface area contributed by atoms with E-state index in [1.54, 1.807) is 19.4 Å². The number of methoxy groups -OCH3 is 1. The van der Waals surface area contributed by atoms with Gasteiger partial charge in [0.1, 0.15) is 5.75 Å². The lowest BCUT2D eigenvalue weighted by atomic mass is 10.2. The molecule has 0 spiro atoms. The second kappa shape index (κ2) is 8.97. The number of rotatable bonds is 7. The summed E-state index contributed by atoms with van der Waals surface area (Å²) in [6.07, 6.45) is 3.63. The number of hydrogen-bond donors (Lipinski definition) is 1. The van der Waals surface area contributed by atoms with E-state index in [2.05, 4.69) is 10.3 Å². The molecule has 0 unspecified atom stereocenters. The standard InChI is InChI=1S/C20H20ClN3O2S/c1-14-7-8-16(11-17(14)21)23-19(25)13-27-20-22-9-10-24(20)12-15-5-3-4-6-18(15)26-2/h3-11H,12-13H2,1-2H3,(H,23,25). The minimum atomic E-state index is -0.105. The van der Waals surface area contributed by atoms with Crippen LogP contribution in [0, 0.1) is 6.92 Å². The van der Waals surface area contributed by atoms with Gasteiger partial charge in [-0.2, -0.15) is 0 Å². The summed E-state index contributed by atoms with van der Waals surface area (Å²) in [7, 11) is 1.66. The van der Waals surface area contributed by atoms with Crippen molar-refractivity contribution in [2.24, 2.45) is 0 Å². The maximum atomic E-state index is 12.2. The molecule has 0 radical (unpaired) electrons. The number of carbonyl (C=O) groups is 1. The number of benzene rings is 2. The molecule has 0 bridgehead atoms. The number of aromatic nitrogens is 2. The van der Waals surface area contributed by atoms with Crippen LogP contribution in [-0.4, -0.2) is 28.3 Å². The lowest BCUT2D eigenvalue weighted by Gasteiger charge is -2.11. The average molecular weight is 402 g/mol. The van der Waals surface area contributed by atoms with E-state index in [0.717, 1.165) is 22.0 Å². The Labute approximate surface area is 167 Å². The zero-order chi connectivity index (χ0) is 19.2. The van der Waals surface area contributed by atoms with E-state index in [9.17, 15) is 4.79 Å². The first-order valence-corrected chi connectivity index (χ1v) is 9.75. The van der Waals surface area contributed by atoms with Gasteiger partial charge in [0, 0.05) is 28.7 Å². The highest BCUT2D eigenvalue weighted by atomic mass is 35.5. The Kier molecular flexibility index (Phi) is 6.42. The molecule has 0 saturated carbocycles. The van der Waals surface area contributed by atoms with Crippen molar-refractivity contribution >= 4 is 35.0 Å². The van der Waals surface area contributed by atoms with E-state index in [-0.39, 0.29) is 11.7 Å². The molecular formula is C20H20ClN3O2S. The van der Waals surface area contributed by atoms with Crippen molar-refractivity contribution in [3.63, 3.8) is 0 Å². The molecule has 1 amide bonds. The molecule has 7 heteroatoms. The van der Waals surface area contributed by atoms with Gasteiger partial charge in [0.2, 0.25) is 5.91 Å². The van der Waals surface area contributed by atoms with Crippen LogP contribution in [0.1, 0.15) is 11.1 Å². The first-order chi connectivity index (χ1) is 13.1. The second-order valence-electron chi connectivity index (χ2n) is 5.95. The minimum Gasteiger partial charge on any atom is -0.496 e. The fourth-order valence-electron chi connectivity index (χ4n) is 2.57. The van der Waals surface area contributed by atoms with Gasteiger partial charge in [-0.3, -0.25) is 4.79 Å². The normalized spacial score (nSPS) is 10.6. The summed E-state index contributed by atoms with van der Waals surface area (Å²) in [5, 5.41) is 4.27. The van der Waals surface area contributed by atoms with E-state index < -0.39 is 0 Å². The van der Waals surface area contributed by atoms with Crippen LogP contribution in [0.2, 0.25) is 5.02 Å². The Hall–Kier alpha value is -2.44. The molecule has 2 aromatic carbocycles. The smallest absolute Gasteiger partial charge is 0.234 e. The number of nitrogens with zero attached hydrogens (tertiary/aromatic N) is 2. The van der Waals surface area contributed by atoms with Crippen LogP contribution < -0.4 is 10.1 Å². The largest absolute Gasteiger partial charge is 0.496 e. The van der Waals surface area contributed by atoms with Crippen molar-refractivity contribution < 1.29 is 9.53 Å². The van der Waals surface area contributed by atoms with Crippen molar-refractivity contribution in [2.75, 3.05) is 18.2 Å². The van der Waals surface area contributed by atoms with E-state index in [1.807, 2.05) is 54.1 Å². The lowest BCUT2D eigenvalue weighted by Crippen LogP contribution is -2.14. The van der Waals surface area contributed by atoms with E-state index in [4.69, 9.17) is 16.3 Å². The molecule has 3 aromatic rings. The molecule has 0 aliphatic carbocycles. The Morgan fingerprint density at radius 2 is 2.11 bits per heavy atom. The number of hydrogen-bond acceptors (Lipinski definition) is 4. The van der Waals surface area contributed by atoms with E-state index in [0.29, 0.717) is 17.3 Å². The van der Waals surface area contributed by atoms with Crippen molar-refractivity contribution in [3.05, 3.63) is 71.0 Å². The number of aryl methyl sites for hydroxylation is 1. The fraction of sp³-hybridized carbons (Fsp3) is 0.200. The Morgan fingerprint density at radius 3 is 2.89 bits per heavy atom. The molecule has 0 fully saturated rings. The SMILES string of the molecule is COc1ccccc1Cn1ccnc1SCC(=O)Nc1ccc(C)c(Cl)c1. The number of amides is 1. The molecule has 1 aromatic heterocycles. The maximum Gasteiger partial charge on any atom is 0.234 e. The number of imidazole rings is 1. The summed E-state index contributed by atoms with van der Waals surface area (Å²) in [6.45, 7) is 2.55. The highest BCUT2D eigenvalue weighted by Crippen LogP contribution is 2.23. The van der Waals surface area contributed by atoms with Gasteiger partial charge in [0.05, 0.1) is 19.4 Å². The highest BCUT2D eigenvalue weighted by molar-refractivity contribution is 7.99. The van der Waals surface area contributed by atoms with Crippen LogP contribution in [0.3, 0.4) is 0 Å². The third kappa shape index (κ3) is 5.05. The van der Waals surface area contributed by atoms with Crippen molar-refractivity contribution in [1.29, 1.82) is 0 Å². The monoisotopic (exact) mass is 401 g/mol. The first-order valence-electron chi connectivity index (χ1n) is 8.38. The molecule has 27 heavy (non-hydrogen) atoms. The van der Waals surface area contributed by atoms with Crippen LogP contribution in [0.25, 0.3) is 0 Å². The molecule has 1 N–H and O–H groups in total. The average Bonchev–Trinajstić information content (AvgIpc) is 3.10. The Morgan fingerprint density at radius 1 is 1.30 bits per heavy atom. The number of anilines is 1. The summed E-state index contributed by atoms with van der Waals surface area (Å²) < 4.78 is 7.40. The Balaban J connectivity index is 1.61. The van der Waals surface area contributed by atoms with Gasteiger partial charge in [-0.1, -0.05) is 47.6 Å². The van der Waals surface area contributed by atoms with Gasteiger partial charge in [0.25, 0.3) is 0 Å². The third-order valence-electron chi connectivity index (χ3n) is 4.00. The van der Waals surface area contributed by atoms with Gasteiger partial charge in [-0.05, 0) is 30.7 Å². The Bertz CT molecular complexity index is 942. The molecule has 0 saturated heterocycles. The zero-order valence-corrected chi connectivity index (χ0v) is 16.7. The third-order valence-corrected chi connectivity index (χ3v) is 5.41. The predicted octanol–water partition coefficient (Wildman–Crippen LogP) is 4.63. The molecule has 3 rings (SSSR count). The van der Waals surface area contributed by atoms with Crippen LogP contribution >= 0.6 is 23.4 Å². The summed E-state index contributed by atoms with van der Waals surface area (Å²) >= 11 is 7.49. The molecule has 5 nitrogen and oxygen atoms in total. The summed E-state index contributed by atoms with van der Waals surface area (Å²) in [5.74, 6) is 0.983. The number of para-hydroxylation sites is 1. The fourth-order valence-corrected chi connectivity index (χ4v) is 3.51. The molecule has 0 aliphatic heterocycles. The molecule has 1 heterocycles. The number of halogens is 1. The first kappa shape index (κ1) is 19.3. The summed E-state index contributed by atoms with van der Waals surface area (Å²) in [6, 6.07) is 13.3. The number of nitrogens with one attached hydrogen (secondary N) is 1. The van der Waals surface area contributed by atoms with E-state index >= 15 is 0 Å². The van der Waals surface area contributed by atoms with Gasteiger partial charge < -0.3 is 14.6 Å². The molecule has 0 aliphatic rings. The molecular weight excluding hydrogens is 382 g/mol. The topological polar surface area (TPSA) is 56.2 Å². The van der Waals surface area contributed by atoms with Gasteiger partial charge in [-0.25, -0.2) is 4.98 Å².